The first-order chi connectivity index (χ1) is 38.5. The Labute approximate surface area is 445 Å². The van der Waals surface area contributed by atoms with E-state index in [0.29, 0.717) is 51.9 Å². The first-order valence-corrected chi connectivity index (χ1v) is 25.3. The Bertz CT molecular complexity index is 4570. The van der Waals surface area contributed by atoms with Crippen LogP contribution >= 0.6 is 0 Å². The molecule has 4 aromatic heterocycles. The zero-order valence-corrected chi connectivity index (χ0v) is 41.3. The van der Waals surface area contributed by atoms with Crippen LogP contribution in [0.1, 0.15) is 0 Å². The van der Waals surface area contributed by atoms with Crippen molar-refractivity contribution < 1.29 is 8.78 Å². The highest BCUT2D eigenvalue weighted by molar-refractivity contribution is 6.13. The molecule has 0 amide bonds. The highest BCUT2D eigenvalue weighted by atomic mass is 19.1. The number of benzene rings is 10. The maximum atomic E-state index is 16.3. The zero-order chi connectivity index (χ0) is 52.3. The van der Waals surface area contributed by atoms with Gasteiger partial charge < -0.3 is 9.13 Å². The standard InChI is InChI=1S/C67H39F2N9/c1-70-54-40-60(78-56-32-17-15-28-48(56)50-36-34-46(38-58(50)78)67-75-64(43-23-10-4-11-24-43)72-65(76-67)44-25-12-5-13-26-44)59(39-51(54)61-52(68)29-18-30-53(61)69)77-55-31-16-14-27-47(55)49-35-33-45(37-57(49)77)66-73-62(41-19-6-2-7-20-41)71-63(74-66)42-21-8-3-9-22-42/h2-40H. The minimum atomic E-state index is -0.787. The van der Waals surface area contributed by atoms with Crippen LogP contribution in [0.25, 0.3) is 139 Å². The van der Waals surface area contributed by atoms with Crippen LogP contribution in [0.5, 0.6) is 0 Å². The summed E-state index contributed by atoms with van der Waals surface area (Å²) in [5.41, 5.74) is 9.01. The molecule has 0 atom stereocenters. The van der Waals surface area contributed by atoms with Gasteiger partial charge in [-0.15, -0.1) is 0 Å². The normalized spacial score (nSPS) is 11.4. The molecule has 366 valence electrons. The van der Waals surface area contributed by atoms with E-state index in [9.17, 15) is 0 Å². The van der Waals surface area contributed by atoms with E-state index in [1.807, 2.05) is 170 Å². The van der Waals surface area contributed by atoms with Gasteiger partial charge in [0.2, 0.25) is 0 Å². The monoisotopic (exact) mass is 1010 g/mol. The van der Waals surface area contributed by atoms with E-state index in [1.54, 1.807) is 12.1 Å². The fraction of sp³-hybridized carbons (Fsp3) is 0. The summed E-state index contributed by atoms with van der Waals surface area (Å²) in [4.78, 5) is 34.3. The van der Waals surface area contributed by atoms with Gasteiger partial charge in [-0.05, 0) is 54.1 Å². The molecule has 10 aromatic carbocycles. The highest BCUT2D eigenvalue weighted by Crippen LogP contribution is 2.45. The van der Waals surface area contributed by atoms with Gasteiger partial charge in [-0.2, -0.15) is 0 Å². The predicted molar refractivity (Wildman–Crippen MR) is 306 cm³/mol. The summed E-state index contributed by atoms with van der Waals surface area (Å²) >= 11 is 0. The van der Waals surface area contributed by atoms with Gasteiger partial charge >= 0.3 is 0 Å². The lowest BCUT2D eigenvalue weighted by Gasteiger charge is -2.20. The lowest BCUT2D eigenvalue weighted by molar-refractivity contribution is 0.590. The fourth-order valence-corrected chi connectivity index (χ4v) is 10.6. The topological polar surface area (TPSA) is 91.6 Å². The van der Waals surface area contributed by atoms with Crippen molar-refractivity contribution in [3.8, 4) is 90.8 Å². The first-order valence-electron chi connectivity index (χ1n) is 25.3. The molecule has 14 aromatic rings. The zero-order valence-electron chi connectivity index (χ0n) is 41.3. The molecule has 0 N–H and O–H groups in total. The summed E-state index contributed by atoms with van der Waals surface area (Å²) in [5, 5.41) is 3.73. The van der Waals surface area contributed by atoms with Gasteiger partial charge in [-0.1, -0.05) is 188 Å². The van der Waals surface area contributed by atoms with E-state index in [1.165, 1.54) is 18.2 Å². The summed E-state index contributed by atoms with van der Waals surface area (Å²) in [5.74, 6) is 1.43. The third kappa shape index (κ3) is 7.83. The Morgan fingerprint density at radius 2 is 0.641 bits per heavy atom. The van der Waals surface area contributed by atoms with E-state index >= 15 is 8.78 Å². The second-order valence-electron chi connectivity index (χ2n) is 18.8. The maximum absolute atomic E-state index is 16.3. The van der Waals surface area contributed by atoms with E-state index < -0.39 is 11.6 Å². The SMILES string of the molecule is [C-]#[N+]c1cc(-n2c3ccccc3c3ccc(-c4nc(-c5ccccc5)nc(-c5ccccc5)n4)cc32)c(-n2c3ccccc3c3ccc(-c4nc(-c5ccccc5)nc(-c5ccccc5)n4)cc32)cc1-c1c(F)cccc1F. The predicted octanol–water partition coefficient (Wildman–Crippen LogP) is 16.7. The number of halogens is 2. The number of nitrogens with zero attached hydrogens (tertiary/aromatic N) is 9. The quantitative estimate of drug-likeness (QED) is 0.134. The van der Waals surface area contributed by atoms with Gasteiger partial charge in [-0.25, -0.2) is 43.5 Å². The fourth-order valence-electron chi connectivity index (χ4n) is 10.6. The maximum Gasteiger partial charge on any atom is 0.197 e. The molecule has 4 heterocycles. The largest absolute Gasteiger partial charge is 0.308 e. The Balaban J connectivity index is 1.06. The molecule has 0 unspecified atom stereocenters. The van der Waals surface area contributed by atoms with Crippen molar-refractivity contribution in [1.82, 2.24) is 39.0 Å². The molecule has 0 aliphatic heterocycles. The first kappa shape index (κ1) is 45.8. The molecule has 78 heavy (non-hydrogen) atoms. The Kier molecular flexibility index (Phi) is 11.0. The van der Waals surface area contributed by atoms with Gasteiger partial charge in [0.05, 0.1) is 40.0 Å². The Morgan fingerprint density at radius 1 is 0.308 bits per heavy atom. The molecule has 0 radical (unpaired) electrons. The van der Waals surface area contributed by atoms with Crippen molar-refractivity contribution in [3.05, 3.63) is 260 Å². The van der Waals surface area contributed by atoms with Crippen molar-refractivity contribution in [3.63, 3.8) is 0 Å². The number of rotatable bonds is 9. The molecular weight excluding hydrogens is 969 g/mol. The molecule has 0 bridgehead atoms. The molecule has 0 aliphatic rings. The van der Waals surface area contributed by atoms with Crippen molar-refractivity contribution >= 4 is 49.3 Å². The molecule has 14 rings (SSSR count). The van der Waals surface area contributed by atoms with Crippen LogP contribution in [0.15, 0.2) is 237 Å². The van der Waals surface area contributed by atoms with Gasteiger partial charge in [0.25, 0.3) is 0 Å². The van der Waals surface area contributed by atoms with Gasteiger partial charge in [0.15, 0.2) is 40.6 Å². The third-order valence-electron chi connectivity index (χ3n) is 14.2. The highest BCUT2D eigenvalue weighted by Gasteiger charge is 2.26. The van der Waals surface area contributed by atoms with E-state index in [4.69, 9.17) is 36.5 Å². The van der Waals surface area contributed by atoms with E-state index in [0.717, 1.165) is 71.4 Å². The number of hydrogen-bond acceptors (Lipinski definition) is 6. The summed E-state index contributed by atoms with van der Waals surface area (Å²) in [7, 11) is 0. The molecular formula is C67H39F2N9. The van der Waals surface area contributed by atoms with Gasteiger partial charge in [0.1, 0.15) is 11.6 Å². The van der Waals surface area contributed by atoms with Gasteiger partial charge in [0, 0.05) is 60.5 Å². The van der Waals surface area contributed by atoms with Crippen LogP contribution in [0.3, 0.4) is 0 Å². The van der Waals surface area contributed by atoms with Crippen molar-refractivity contribution in [1.29, 1.82) is 0 Å². The Hall–Kier alpha value is -10.8. The average molecular weight is 1010 g/mol. The van der Waals surface area contributed by atoms with Crippen molar-refractivity contribution in [2.24, 2.45) is 0 Å². The third-order valence-corrected chi connectivity index (χ3v) is 14.2. The van der Waals surface area contributed by atoms with Crippen molar-refractivity contribution in [2.75, 3.05) is 0 Å². The van der Waals surface area contributed by atoms with Crippen molar-refractivity contribution in [2.45, 2.75) is 0 Å². The molecule has 0 saturated carbocycles. The Morgan fingerprint density at radius 3 is 1.03 bits per heavy atom. The minimum Gasteiger partial charge on any atom is -0.308 e. The lowest BCUT2D eigenvalue weighted by Crippen LogP contribution is -2.05. The molecule has 0 fully saturated rings. The summed E-state index contributed by atoms with van der Waals surface area (Å²) < 4.78 is 36.8. The van der Waals surface area contributed by atoms with E-state index in [2.05, 4.69) is 50.4 Å². The van der Waals surface area contributed by atoms with Crippen LogP contribution in [0, 0.1) is 18.2 Å². The average Bonchev–Trinajstić information content (AvgIpc) is 4.20. The van der Waals surface area contributed by atoms with Gasteiger partial charge in [-0.3, -0.25) is 0 Å². The second-order valence-corrected chi connectivity index (χ2v) is 18.8. The second kappa shape index (κ2) is 18.8. The minimum absolute atomic E-state index is 0.0610. The summed E-state index contributed by atoms with van der Waals surface area (Å²) in [6.45, 7) is 8.66. The number of fused-ring (bicyclic) bond motifs is 6. The molecule has 9 nitrogen and oxygen atoms in total. The molecule has 11 heteroatoms. The molecule has 0 saturated heterocycles. The molecule has 0 aliphatic carbocycles. The van der Waals surface area contributed by atoms with Crippen LogP contribution < -0.4 is 0 Å². The van der Waals surface area contributed by atoms with Crippen LogP contribution in [0.2, 0.25) is 0 Å². The lowest BCUT2D eigenvalue weighted by atomic mass is 10.00. The smallest absolute Gasteiger partial charge is 0.197 e. The summed E-state index contributed by atoms with van der Waals surface area (Å²) in [6, 6.07) is 75.1. The summed E-state index contributed by atoms with van der Waals surface area (Å²) in [6.07, 6.45) is 0. The number of para-hydroxylation sites is 2. The van der Waals surface area contributed by atoms with Crippen LogP contribution in [-0.2, 0) is 0 Å². The number of aromatic nitrogens is 8. The number of hydrogen-bond donors (Lipinski definition) is 0. The van der Waals surface area contributed by atoms with Crippen LogP contribution in [-0.4, -0.2) is 39.0 Å². The molecule has 0 spiro atoms. The van der Waals surface area contributed by atoms with E-state index in [-0.39, 0.29) is 16.8 Å². The van der Waals surface area contributed by atoms with Crippen LogP contribution in [0.4, 0.5) is 14.5 Å².